The van der Waals surface area contributed by atoms with Gasteiger partial charge in [-0.2, -0.15) is 9.12 Å². The van der Waals surface area contributed by atoms with Crippen molar-refractivity contribution in [2.24, 2.45) is 0 Å². The molecule has 0 spiro atoms. The van der Waals surface area contributed by atoms with E-state index < -0.39 is 27.2 Å². The van der Waals surface area contributed by atoms with Gasteiger partial charge in [0.15, 0.2) is 6.20 Å². The maximum absolute atomic E-state index is 14.8. The topological polar surface area (TPSA) is 73.1 Å². The van der Waals surface area contributed by atoms with Crippen LogP contribution >= 0.6 is 0 Å². The number of pyridine rings is 1. The first-order valence-electron chi connectivity index (χ1n) is 6.68. The number of benzene rings is 1. The highest BCUT2D eigenvalue weighted by Gasteiger charge is 2.32. The fourth-order valence-electron chi connectivity index (χ4n) is 2.38. The lowest BCUT2D eigenvalue weighted by atomic mass is 9.94. The second kappa shape index (κ2) is 5.86. The highest BCUT2D eigenvalue weighted by molar-refractivity contribution is 7.88. The molecule has 2 aromatic rings. The first kappa shape index (κ1) is 17.3. The summed E-state index contributed by atoms with van der Waals surface area (Å²) in [7, 11) is -3.59. The van der Waals surface area contributed by atoms with Gasteiger partial charge in [-0.25, -0.2) is 17.5 Å². The molecule has 1 aromatic carbocycles. The van der Waals surface area contributed by atoms with E-state index in [4.69, 9.17) is 0 Å². The lowest BCUT2D eigenvalue weighted by Gasteiger charge is -2.26. The Hall–Kier alpha value is -2.06. The number of nitrogens with zero attached hydrogens (tertiary/aromatic N) is 1. The molecule has 1 heterocycles. The molecular weight excluding hydrogens is 326 g/mol. The van der Waals surface area contributed by atoms with Crippen molar-refractivity contribution in [1.29, 1.82) is 0 Å². The van der Waals surface area contributed by atoms with Crippen LogP contribution < -0.4 is 9.45 Å². The summed E-state index contributed by atoms with van der Waals surface area (Å²) in [4.78, 5) is 0. The van der Waals surface area contributed by atoms with Gasteiger partial charge in [0, 0.05) is 11.6 Å². The zero-order valence-electron chi connectivity index (χ0n) is 12.8. The van der Waals surface area contributed by atoms with Gasteiger partial charge in [0.05, 0.1) is 17.4 Å². The standard InChI is InChI=1S/C15H16F2N2O3S/c1-15(2,18-23(3,21)22)12-8-9-19(20)14(13(12)17)10-4-6-11(16)7-5-10/h4-9,18H,1-3H3. The van der Waals surface area contributed by atoms with Crippen molar-refractivity contribution in [1.82, 2.24) is 4.72 Å². The molecule has 124 valence electrons. The third-order valence-electron chi connectivity index (χ3n) is 3.27. The number of hydrogen-bond donors (Lipinski definition) is 1. The van der Waals surface area contributed by atoms with Crippen LogP contribution in [0.4, 0.5) is 8.78 Å². The van der Waals surface area contributed by atoms with Gasteiger partial charge in [-0.05, 0) is 38.1 Å². The smallest absolute Gasteiger partial charge is 0.260 e. The normalized spacial score (nSPS) is 12.4. The highest BCUT2D eigenvalue weighted by Crippen LogP contribution is 2.28. The fourth-order valence-corrected chi connectivity index (χ4v) is 3.41. The van der Waals surface area contributed by atoms with Gasteiger partial charge in [0.1, 0.15) is 5.82 Å². The summed E-state index contributed by atoms with van der Waals surface area (Å²) in [5.41, 5.74) is -1.36. The molecule has 23 heavy (non-hydrogen) atoms. The van der Waals surface area contributed by atoms with E-state index in [0.717, 1.165) is 24.6 Å². The molecular formula is C15H16F2N2O3S. The molecule has 2 rings (SSSR count). The zero-order chi connectivity index (χ0) is 17.4. The lowest BCUT2D eigenvalue weighted by Crippen LogP contribution is -2.42. The maximum atomic E-state index is 14.8. The summed E-state index contributed by atoms with van der Waals surface area (Å²) in [6.07, 6.45) is 2.05. The fraction of sp³-hybridized carbons (Fsp3) is 0.267. The summed E-state index contributed by atoms with van der Waals surface area (Å²) in [6, 6.07) is 6.00. The molecule has 8 heteroatoms. The Labute approximate surface area is 133 Å². The first-order valence-corrected chi connectivity index (χ1v) is 8.57. The summed E-state index contributed by atoms with van der Waals surface area (Å²) < 4.78 is 53.4. The minimum absolute atomic E-state index is 0.00866. The quantitative estimate of drug-likeness (QED) is 0.683. The van der Waals surface area contributed by atoms with Crippen LogP contribution in [0.3, 0.4) is 0 Å². The van der Waals surface area contributed by atoms with E-state index in [9.17, 15) is 22.4 Å². The van der Waals surface area contributed by atoms with Gasteiger partial charge in [0.25, 0.3) is 5.69 Å². The van der Waals surface area contributed by atoms with Crippen molar-refractivity contribution < 1.29 is 21.9 Å². The van der Waals surface area contributed by atoms with Gasteiger partial charge in [-0.3, -0.25) is 0 Å². The summed E-state index contributed by atoms with van der Waals surface area (Å²) in [6.45, 7) is 2.96. The average molecular weight is 342 g/mol. The predicted molar refractivity (Wildman–Crippen MR) is 81.8 cm³/mol. The van der Waals surface area contributed by atoms with E-state index in [1.54, 1.807) is 0 Å². The molecule has 0 atom stereocenters. The molecule has 1 N–H and O–H groups in total. The van der Waals surface area contributed by atoms with Crippen LogP contribution in [0.15, 0.2) is 36.5 Å². The third-order valence-corrected chi connectivity index (χ3v) is 4.15. The average Bonchev–Trinajstić information content (AvgIpc) is 2.37. The van der Waals surface area contributed by atoms with Crippen LogP contribution in [-0.4, -0.2) is 14.7 Å². The van der Waals surface area contributed by atoms with E-state index >= 15 is 0 Å². The van der Waals surface area contributed by atoms with Gasteiger partial charge in [-0.1, -0.05) is 0 Å². The number of halogens is 2. The molecule has 5 nitrogen and oxygen atoms in total. The molecule has 0 fully saturated rings. The zero-order valence-corrected chi connectivity index (χ0v) is 13.6. The van der Waals surface area contributed by atoms with Crippen molar-refractivity contribution in [2.75, 3.05) is 6.26 Å². The third kappa shape index (κ3) is 3.83. The van der Waals surface area contributed by atoms with Crippen molar-refractivity contribution in [2.45, 2.75) is 19.4 Å². The Morgan fingerprint density at radius 1 is 1.13 bits per heavy atom. The number of rotatable bonds is 4. The van der Waals surface area contributed by atoms with Gasteiger partial charge >= 0.3 is 0 Å². The van der Waals surface area contributed by atoms with Crippen LogP contribution in [-0.2, 0) is 15.6 Å². The summed E-state index contributed by atoms with van der Waals surface area (Å²) >= 11 is 0. The van der Waals surface area contributed by atoms with Crippen molar-refractivity contribution in [3.63, 3.8) is 0 Å². The number of nitrogens with one attached hydrogen (secondary N) is 1. The van der Waals surface area contributed by atoms with E-state index in [1.807, 2.05) is 0 Å². The second-order valence-corrected chi connectivity index (χ2v) is 7.47. The largest absolute Gasteiger partial charge is 0.618 e. The monoisotopic (exact) mass is 342 g/mol. The maximum Gasteiger partial charge on any atom is 0.260 e. The van der Waals surface area contributed by atoms with E-state index in [-0.39, 0.29) is 16.8 Å². The number of sulfonamides is 1. The van der Waals surface area contributed by atoms with Crippen LogP contribution in [0.1, 0.15) is 19.4 Å². The van der Waals surface area contributed by atoms with Crippen molar-refractivity contribution in [3.8, 4) is 11.3 Å². The number of hydrogen-bond acceptors (Lipinski definition) is 3. The van der Waals surface area contributed by atoms with Gasteiger partial charge in [-0.15, -0.1) is 0 Å². The molecule has 0 radical (unpaired) electrons. The molecule has 0 aliphatic rings. The summed E-state index contributed by atoms with van der Waals surface area (Å²) in [5, 5.41) is 11.9. The SMILES string of the molecule is CC(C)(NS(C)(=O)=O)c1cc[n+]([O-])c(-c2ccc(F)cc2)c1F. The molecule has 0 bridgehead atoms. The molecule has 0 unspecified atom stereocenters. The van der Waals surface area contributed by atoms with Crippen LogP contribution in [0.25, 0.3) is 11.3 Å². The predicted octanol–water partition coefficient (Wildman–Crippen LogP) is 2.05. The molecule has 0 saturated heterocycles. The van der Waals surface area contributed by atoms with E-state index in [2.05, 4.69) is 4.72 Å². The van der Waals surface area contributed by atoms with Gasteiger partial charge < -0.3 is 5.21 Å². The molecule has 1 aromatic heterocycles. The molecule has 0 aliphatic heterocycles. The number of aromatic nitrogens is 1. The lowest BCUT2D eigenvalue weighted by molar-refractivity contribution is -0.595. The molecule has 0 saturated carbocycles. The van der Waals surface area contributed by atoms with E-state index in [0.29, 0.717) is 4.73 Å². The van der Waals surface area contributed by atoms with Crippen molar-refractivity contribution in [3.05, 3.63) is 58.9 Å². The van der Waals surface area contributed by atoms with Crippen LogP contribution in [0.2, 0.25) is 0 Å². The van der Waals surface area contributed by atoms with Crippen LogP contribution in [0, 0.1) is 16.8 Å². The Balaban J connectivity index is 2.61. The minimum Gasteiger partial charge on any atom is -0.618 e. The minimum atomic E-state index is -3.59. The highest BCUT2D eigenvalue weighted by atomic mass is 32.2. The van der Waals surface area contributed by atoms with Crippen molar-refractivity contribution >= 4 is 10.0 Å². The summed E-state index contributed by atoms with van der Waals surface area (Å²) in [5.74, 6) is -1.38. The van der Waals surface area contributed by atoms with Gasteiger partial charge in [0.2, 0.25) is 15.8 Å². The second-order valence-electron chi connectivity index (χ2n) is 5.72. The molecule has 0 amide bonds. The Morgan fingerprint density at radius 3 is 2.22 bits per heavy atom. The van der Waals surface area contributed by atoms with E-state index in [1.165, 1.54) is 32.0 Å². The Morgan fingerprint density at radius 2 is 1.70 bits per heavy atom. The Kier molecular flexibility index (Phi) is 4.41. The Bertz CT molecular complexity index is 835. The molecule has 0 aliphatic carbocycles. The first-order chi connectivity index (χ1) is 10.5. The van der Waals surface area contributed by atoms with Crippen LogP contribution in [0.5, 0.6) is 0 Å².